The number of nitrogens with zero attached hydrogens (tertiary/aromatic N) is 3. The summed E-state index contributed by atoms with van der Waals surface area (Å²) < 4.78 is 27.0. The third-order valence-electron chi connectivity index (χ3n) is 6.71. The lowest BCUT2D eigenvalue weighted by atomic mass is 9.94. The summed E-state index contributed by atoms with van der Waals surface area (Å²) in [4.78, 5) is 18.1. The highest BCUT2D eigenvalue weighted by Crippen LogP contribution is 2.40. The lowest BCUT2D eigenvalue weighted by molar-refractivity contribution is -0.146. The maximum Gasteiger partial charge on any atom is 0.338 e. The van der Waals surface area contributed by atoms with Gasteiger partial charge in [0.15, 0.2) is 11.5 Å². The van der Waals surface area contributed by atoms with Gasteiger partial charge in [-0.3, -0.25) is 0 Å². The number of hydrogen-bond donors (Lipinski definition) is 2. The van der Waals surface area contributed by atoms with Gasteiger partial charge in [0, 0.05) is 11.4 Å². The molecule has 1 saturated carbocycles. The van der Waals surface area contributed by atoms with Gasteiger partial charge < -0.3 is 19.9 Å². The van der Waals surface area contributed by atoms with E-state index in [1.807, 2.05) is 6.92 Å². The lowest BCUT2D eigenvalue weighted by Gasteiger charge is -2.30. The Hall–Kier alpha value is -3.53. The van der Waals surface area contributed by atoms with Gasteiger partial charge in [-0.15, -0.1) is 5.10 Å². The molecule has 5 rings (SSSR count). The number of aromatic nitrogens is 3. The number of aromatic hydroxyl groups is 1. The zero-order valence-corrected chi connectivity index (χ0v) is 21.6. The summed E-state index contributed by atoms with van der Waals surface area (Å²) >= 11 is 1.31. The standard InChI is InChI=1S/C27H29FN4O4S/c1-16-23(25(34)36-19-9-4-3-5-10-19)24(17-12-13-21(33)22(14-17)35-2)32-26(29-16)30-27(31-32)37-15-18-8-6-7-11-20(18)28/h6-8,11-14,19,24,33H,3-5,9-10,15H2,1-2H3,(H,29,30,31). The van der Waals surface area contributed by atoms with E-state index in [-0.39, 0.29) is 23.4 Å². The van der Waals surface area contributed by atoms with Crippen LogP contribution in [0, 0.1) is 5.82 Å². The molecule has 2 aromatic carbocycles. The van der Waals surface area contributed by atoms with Gasteiger partial charge in [0.1, 0.15) is 18.0 Å². The third kappa shape index (κ3) is 5.29. The summed E-state index contributed by atoms with van der Waals surface area (Å²) in [7, 11) is 1.47. The largest absolute Gasteiger partial charge is 0.504 e. The molecule has 0 spiro atoms. The van der Waals surface area contributed by atoms with Crippen molar-refractivity contribution in [2.75, 3.05) is 12.4 Å². The predicted molar refractivity (Wildman–Crippen MR) is 138 cm³/mol. The molecule has 1 unspecified atom stereocenters. The molecule has 0 bridgehead atoms. The van der Waals surface area contributed by atoms with Crippen molar-refractivity contribution in [1.82, 2.24) is 14.8 Å². The Morgan fingerprint density at radius 2 is 2.00 bits per heavy atom. The molecule has 1 aliphatic heterocycles. The predicted octanol–water partition coefficient (Wildman–Crippen LogP) is 5.59. The molecule has 2 aliphatic rings. The number of fused-ring (bicyclic) bond motifs is 1. The van der Waals surface area contributed by atoms with Crippen LogP contribution < -0.4 is 10.1 Å². The molecule has 0 amide bonds. The van der Waals surface area contributed by atoms with Crippen LogP contribution in [0.4, 0.5) is 10.3 Å². The Bertz CT molecular complexity index is 1340. The van der Waals surface area contributed by atoms with Gasteiger partial charge >= 0.3 is 5.97 Å². The zero-order chi connectivity index (χ0) is 25.9. The van der Waals surface area contributed by atoms with Crippen molar-refractivity contribution >= 4 is 23.7 Å². The highest BCUT2D eigenvalue weighted by atomic mass is 32.2. The molecule has 3 aromatic rings. The number of rotatable bonds is 7. The van der Waals surface area contributed by atoms with E-state index in [0.717, 1.165) is 32.1 Å². The maximum atomic E-state index is 14.1. The van der Waals surface area contributed by atoms with Crippen molar-refractivity contribution in [3.8, 4) is 11.5 Å². The van der Waals surface area contributed by atoms with Crippen LogP contribution in [0.25, 0.3) is 0 Å². The molecule has 0 radical (unpaired) electrons. The van der Waals surface area contributed by atoms with Gasteiger partial charge in [-0.25, -0.2) is 13.9 Å². The SMILES string of the molecule is COc1cc(C2C(C(=O)OC3CCCCC3)=C(C)Nc3nc(SCc4ccccc4F)nn32)ccc1O. The van der Waals surface area contributed by atoms with Crippen LogP contribution in [0.5, 0.6) is 11.5 Å². The van der Waals surface area contributed by atoms with Gasteiger partial charge in [0.2, 0.25) is 11.1 Å². The van der Waals surface area contributed by atoms with Crippen LogP contribution in [0.1, 0.15) is 56.2 Å². The summed E-state index contributed by atoms with van der Waals surface area (Å²) in [5, 5.41) is 18.5. The molecule has 1 aromatic heterocycles. The fourth-order valence-electron chi connectivity index (χ4n) is 4.78. The van der Waals surface area contributed by atoms with Crippen LogP contribution >= 0.6 is 11.8 Å². The van der Waals surface area contributed by atoms with E-state index >= 15 is 0 Å². The van der Waals surface area contributed by atoms with Crippen LogP contribution in [0.2, 0.25) is 0 Å². The summed E-state index contributed by atoms with van der Waals surface area (Å²) in [5.41, 5.74) is 2.27. The Balaban J connectivity index is 1.49. The van der Waals surface area contributed by atoms with Crippen LogP contribution in [0.3, 0.4) is 0 Å². The van der Waals surface area contributed by atoms with Crippen molar-refractivity contribution < 1.29 is 23.8 Å². The second kappa shape index (κ2) is 10.8. The van der Waals surface area contributed by atoms with Gasteiger partial charge in [0.25, 0.3) is 0 Å². The minimum Gasteiger partial charge on any atom is -0.504 e. The first kappa shape index (κ1) is 25.1. The normalized spacial score (nSPS) is 17.8. The minimum atomic E-state index is -0.655. The fraction of sp³-hybridized carbons (Fsp3) is 0.370. The molecule has 0 saturated heterocycles. The Morgan fingerprint density at radius 1 is 1.22 bits per heavy atom. The molecule has 2 N–H and O–H groups in total. The molecule has 8 nitrogen and oxygen atoms in total. The molecule has 10 heteroatoms. The van der Waals surface area contributed by atoms with E-state index in [1.54, 1.807) is 35.0 Å². The Labute approximate surface area is 218 Å². The molecule has 37 heavy (non-hydrogen) atoms. The van der Waals surface area contributed by atoms with Crippen LogP contribution in [-0.4, -0.2) is 39.1 Å². The first-order valence-electron chi connectivity index (χ1n) is 12.3. The van der Waals surface area contributed by atoms with E-state index in [1.165, 1.54) is 31.0 Å². The first-order chi connectivity index (χ1) is 17.9. The van der Waals surface area contributed by atoms with E-state index in [9.17, 15) is 14.3 Å². The number of carbonyl (C=O) groups excluding carboxylic acids is 1. The van der Waals surface area contributed by atoms with E-state index < -0.39 is 12.0 Å². The van der Waals surface area contributed by atoms with Crippen molar-refractivity contribution in [3.63, 3.8) is 0 Å². The number of nitrogens with one attached hydrogen (secondary N) is 1. The molecular formula is C27H29FN4O4S. The number of phenolic OH excluding ortho intramolecular Hbond substituents is 1. The summed E-state index contributed by atoms with van der Waals surface area (Å²) in [5.74, 6) is 0.403. The van der Waals surface area contributed by atoms with Crippen molar-refractivity contribution in [2.24, 2.45) is 0 Å². The number of methoxy groups -OCH3 is 1. The zero-order valence-electron chi connectivity index (χ0n) is 20.7. The number of anilines is 1. The number of allylic oxidation sites excluding steroid dienone is 1. The fourth-order valence-corrected chi connectivity index (χ4v) is 5.60. The molecule has 1 atom stereocenters. The number of benzene rings is 2. The maximum absolute atomic E-state index is 14.1. The van der Waals surface area contributed by atoms with E-state index in [0.29, 0.717) is 39.3 Å². The summed E-state index contributed by atoms with van der Waals surface area (Å²) in [6, 6.07) is 10.9. The monoisotopic (exact) mass is 524 g/mol. The van der Waals surface area contributed by atoms with Crippen molar-refractivity contribution in [3.05, 3.63) is 70.7 Å². The van der Waals surface area contributed by atoms with Gasteiger partial charge in [-0.2, -0.15) is 4.98 Å². The van der Waals surface area contributed by atoms with Crippen molar-refractivity contribution in [1.29, 1.82) is 0 Å². The average Bonchev–Trinajstić information content (AvgIpc) is 3.30. The van der Waals surface area contributed by atoms with Crippen LogP contribution in [0.15, 0.2) is 58.9 Å². The molecule has 194 valence electrons. The number of esters is 1. The highest BCUT2D eigenvalue weighted by molar-refractivity contribution is 7.98. The molecule has 1 fully saturated rings. The number of ether oxygens (including phenoxy) is 2. The van der Waals surface area contributed by atoms with Crippen LogP contribution in [-0.2, 0) is 15.3 Å². The molecular weight excluding hydrogens is 495 g/mol. The lowest BCUT2D eigenvalue weighted by Crippen LogP contribution is -2.32. The number of carbonyl (C=O) groups is 1. The number of hydrogen-bond acceptors (Lipinski definition) is 8. The topological polar surface area (TPSA) is 98.5 Å². The van der Waals surface area contributed by atoms with Gasteiger partial charge in [0.05, 0.1) is 12.7 Å². The number of halogens is 1. The third-order valence-corrected chi connectivity index (χ3v) is 7.60. The average molecular weight is 525 g/mol. The second-order valence-electron chi connectivity index (χ2n) is 9.21. The second-order valence-corrected chi connectivity index (χ2v) is 10.1. The first-order valence-corrected chi connectivity index (χ1v) is 13.3. The highest BCUT2D eigenvalue weighted by Gasteiger charge is 2.36. The number of thioether (sulfide) groups is 1. The number of phenols is 1. The molecule has 2 heterocycles. The van der Waals surface area contributed by atoms with E-state index in [4.69, 9.17) is 9.47 Å². The quantitative estimate of drug-likeness (QED) is 0.305. The minimum absolute atomic E-state index is 0.00726. The summed E-state index contributed by atoms with van der Waals surface area (Å²) in [6.07, 6.45) is 4.85. The Kier molecular flexibility index (Phi) is 7.36. The van der Waals surface area contributed by atoms with Gasteiger partial charge in [-0.05, 0) is 61.9 Å². The summed E-state index contributed by atoms with van der Waals surface area (Å²) in [6.45, 7) is 1.81. The van der Waals surface area contributed by atoms with E-state index in [2.05, 4.69) is 15.4 Å². The molecule has 1 aliphatic carbocycles. The Morgan fingerprint density at radius 3 is 2.76 bits per heavy atom. The van der Waals surface area contributed by atoms with Crippen molar-refractivity contribution in [2.45, 2.75) is 62.1 Å². The van der Waals surface area contributed by atoms with Gasteiger partial charge in [-0.1, -0.05) is 42.4 Å². The smallest absolute Gasteiger partial charge is 0.338 e.